The van der Waals surface area contributed by atoms with Crippen LogP contribution in [0.25, 0.3) is 0 Å². The summed E-state index contributed by atoms with van der Waals surface area (Å²) in [6.07, 6.45) is 2.03. The van der Waals surface area contributed by atoms with E-state index in [1.165, 1.54) is 6.07 Å². The Morgan fingerprint density at radius 2 is 2.16 bits per heavy atom. The van der Waals surface area contributed by atoms with Gasteiger partial charge < -0.3 is 10.1 Å². The van der Waals surface area contributed by atoms with Crippen LogP contribution in [-0.2, 0) is 6.54 Å². The topological polar surface area (TPSA) is 64.4 Å². The maximum atomic E-state index is 10.8. The van der Waals surface area contributed by atoms with Gasteiger partial charge in [-0.15, -0.1) is 0 Å². The molecule has 106 valence electrons. The molecule has 1 unspecified atom stereocenters. The Labute approximate surface area is 114 Å². The second-order valence-electron chi connectivity index (χ2n) is 4.56. The number of nitrogens with zero attached hydrogens (tertiary/aromatic N) is 1. The van der Waals surface area contributed by atoms with E-state index in [2.05, 4.69) is 12.2 Å². The van der Waals surface area contributed by atoms with E-state index in [9.17, 15) is 10.1 Å². The van der Waals surface area contributed by atoms with Crippen molar-refractivity contribution in [3.63, 3.8) is 0 Å². The number of rotatable bonds is 8. The van der Waals surface area contributed by atoms with Crippen molar-refractivity contribution in [2.24, 2.45) is 0 Å². The maximum Gasteiger partial charge on any atom is 0.270 e. The van der Waals surface area contributed by atoms with Crippen LogP contribution in [0.15, 0.2) is 18.2 Å². The van der Waals surface area contributed by atoms with Crippen LogP contribution >= 0.6 is 0 Å². The third-order valence-electron chi connectivity index (χ3n) is 2.90. The zero-order chi connectivity index (χ0) is 14.3. The first kappa shape index (κ1) is 15.4. The first-order valence-electron chi connectivity index (χ1n) is 6.73. The number of benzene rings is 1. The molecule has 0 aliphatic rings. The van der Waals surface area contributed by atoms with Gasteiger partial charge in [-0.25, -0.2) is 0 Å². The smallest absolute Gasteiger partial charge is 0.270 e. The molecule has 0 aliphatic carbocycles. The minimum absolute atomic E-state index is 0.102. The third kappa shape index (κ3) is 4.87. The fourth-order valence-corrected chi connectivity index (χ4v) is 1.63. The summed E-state index contributed by atoms with van der Waals surface area (Å²) in [4.78, 5) is 10.4. The molecule has 5 nitrogen and oxygen atoms in total. The maximum absolute atomic E-state index is 10.8. The normalized spacial score (nSPS) is 12.2. The molecule has 0 bridgehead atoms. The Balaban J connectivity index is 2.90. The molecule has 1 N–H and O–H groups in total. The molecule has 1 atom stereocenters. The molecule has 0 saturated carbocycles. The van der Waals surface area contributed by atoms with Crippen molar-refractivity contribution in [3.05, 3.63) is 33.9 Å². The highest BCUT2D eigenvalue weighted by Crippen LogP contribution is 2.25. The molecule has 0 spiro atoms. The van der Waals surface area contributed by atoms with Crippen molar-refractivity contribution < 1.29 is 9.66 Å². The van der Waals surface area contributed by atoms with E-state index >= 15 is 0 Å². The molecular formula is C14H22N2O3. The minimum Gasteiger partial charge on any atom is -0.490 e. The SMILES string of the molecule is CCCNCc1cc([N+](=O)[O-])ccc1OC(C)CC. The van der Waals surface area contributed by atoms with E-state index in [1.807, 2.05) is 13.8 Å². The highest BCUT2D eigenvalue weighted by atomic mass is 16.6. The summed E-state index contributed by atoms with van der Waals surface area (Å²) < 4.78 is 5.80. The summed E-state index contributed by atoms with van der Waals surface area (Å²) in [5, 5.41) is 14.1. The van der Waals surface area contributed by atoms with Gasteiger partial charge in [0.05, 0.1) is 11.0 Å². The summed E-state index contributed by atoms with van der Waals surface area (Å²) in [6.45, 7) is 7.58. The summed E-state index contributed by atoms with van der Waals surface area (Å²) in [5.74, 6) is 0.726. The molecular weight excluding hydrogens is 244 g/mol. The van der Waals surface area contributed by atoms with E-state index in [4.69, 9.17) is 4.74 Å². The molecule has 0 amide bonds. The monoisotopic (exact) mass is 266 g/mol. The van der Waals surface area contributed by atoms with Gasteiger partial charge in [0, 0.05) is 24.2 Å². The van der Waals surface area contributed by atoms with Gasteiger partial charge in [-0.05, 0) is 32.4 Å². The first-order valence-corrected chi connectivity index (χ1v) is 6.73. The average Bonchev–Trinajstić information content (AvgIpc) is 2.40. The Hall–Kier alpha value is -1.62. The van der Waals surface area contributed by atoms with Gasteiger partial charge in [-0.1, -0.05) is 13.8 Å². The van der Waals surface area contributed by atoms with Crippen molar-refractivity contribution in [2.75, 3.05) is 6.54 Å². The number of nitro benzene ring substituents is 1. The standard InChI is InChI=1S/C14H22N2O3/c1-4-8-15-10-12-9-13(16(17)18)6-7-14(12)19-11(3)5-2/h6-7,9,11,15H,4-5,8,10H2,1-3H3. The quantitative estimate of drug-likeness (QED) is 0.445. The van der Waals surface area contributed by atoms with Crippen molar-refractivity contribution in [1.82, 2.24) is 5.32 Å². The van der Waals surface area contributed by atoms with Crippen LogP contribution in [0.5, 0.6) is 5.75 Å². The number of hydrogen-bond donors (Lipinski definition) is 1. The predicted octanol–water partition coefficient (Wildman–Crippen LogP) is 3.27. The molecule has 0 heterocycles. The van der Waals surface area contributed by atoms with Gasteiger partial charge in [-0.3, -0.25) is 10.1 Å². The first-order chi connectivity index (χ1) is 9.08. The fraction of sp³-hybridized carbons (Fsp3) is 0.571. The summed E-state index contributed by atoms with van der Waals surface area (Å²) >= 11 is 0. The second kappa shape index (κ2) is 7.74. The van der Waals surface area contributed by atoms with E-state index in [0.717, 1.165) is 30.7 Å². The van der Waals surface area contributed by atoms with Gasteiger partial charge in [0.2, 0.25) is 0 Å². The Morgan fingerprint density at radius 3 is 2.74 bits per heavy atom. The number of nitro groups is 1. The van der Waals surface area contributed by atoms with Gasteiger partial charge >= 0.3 is 0 Å². The molecule has 0 fully saturated rings. The Bertz CT molecular complexity index is 421. The lowest BCUT2D eigenvalue weighted by molar-refractivity contribution is -0.384. The van der Waals surface area contributed by atoms with Crippen LogP contribution < -0.4 is 10.1 Å². The molecule has 19 heavy (non-hydrogen) atoms. The molecule has 1 aromatic rings. The largest absolute Gasteiger partial charge is 0.490 e. The molecule has 0 saturated heterocycles. The van der Waals surface area contributed by atoms with Crippen molar-refractivity contribution >= 4 is 5.69 Å². The lowest BCUT2D eigenvalue weighted by Crippen LogP contribution is -2.17. The van der Waals surface area contributed by atoms with E-state index in [1.54, 1.807) is 12.1 Å². The highest BCUT2D eigenvalue weighted by Gasteiger charge is 2.13. The number of non-ortho nitro benzene ring substituents is 1. The Kier molecular flexibility index (Phi) is 6.29. The van der Waals surface area contributed by atoms with Gasteiger partial charge in [-0.2, -0.15) is 0 Å². The van der Waals surface area contributed by atoms with E-state index in [0.29, 0.717) is 6.54 Å². The Morgan fingerprint density at radius 1 is 1.42 bits per heavy atom. The van der Waals surface area contributed by atoms with Gasteiger partial charge in [0.25, 0.3) is 5.69 Å². The fourth-order valence-electron chi connectivity index (χ4n) is 1.63. The van der Waals surface area contributed by atoms with Crippen LogP contribution in [-0.4, -0.2) is 17.6 Å². The lowest BCUT2D eigenvalue weighted by Gasteiger charge is -2.16. The number of nitrogens with one attached hydrogen (secondary N) is 1. The molecule has 5 heteroatoms. The molecule has 0 radical (unpaired) electrons. The van der Waals surface area contributed by atoms with Gasteiger partial charge in [0.15, 0.2) is 0 Å². The van der Waals surface area contributed by atoms with Crippen LogP contribution in [0.3, 0.4) is 0 Å². The summed E-state index contributed by atoms with van der Waals surface area (Å²) in [7, 11) is 0. The minimum atomic E-state index is -0.379. The molecule has 1 rings (SSSR count). The zero-order valence-corrected chi connectivity index (χ0v) is 11.8. The highest BCUT2D eigenvalue weighted by molar-refractivity contribution is 5.43. The predicted molar refractivity (Wildman–Crippen MR) is 75.5 cm³/mol. The summed E-state index contributed by atoms with van der Waals surface area (Å²) in [5.41, 5.74) is 0.938. The second-order valence-corrected chi connectivity index (χ2v) is 4.56. The van der Waals surface area contributed by atoms with Crippen molar-refractivity contribution in [2.45, 2.75) is 46.3 Å². The lowest BCUT2D eigenvalue weighted by atomic mass is 10.1. The average molecular weight is 266 g/mol. The van der Waals surface area contributed by atoms with Crippen LogP contribution in [0.4, 0.5) is 5.69 Å². The zero-order valence-electron chi connectivity index (χ0n) is 11.8. The van der Waals surface area contributed by atoms with Crippen LogP contribution in [0.1, 0.15) is 39.2 Å². The van der Waals surface area contributed by atoms with Crippen molar-refractivity contribution in [3.8, 4) is 5.75 Å². The molecule has 0 aromatic heterocycles. The number of ether oxygens (including phenoxy) is 1. The van der Waals surface area contributed by atoms with Gasteiger partial charge in [0.1, 0.15) is 5.75 Å². The molecule has 0 aliphatic heterocycles. The van der Waals surface area contributed by atoms with Crippen LogP contribution in [0.2, 0.25) is 0 Å². The third-order valence-corrected chi connectivity index (χ3v) is 2.90. The van der Waals surface area contributed by atoms with Crippen molar-refractivity contribution in [1.29, 1.82) is 0 Å². The summed E-state index contributed by atoms with van der Waals surface area (Å²) in [6, 6.07) is 4.76. The van der Waals surface area contributed by atoms with Crippen LogP contribution in [0, 0.1) is 10.1 Å². The van der Waals surface area contributed by atoms with E-state index < -0.39 is 0 Å². The number of hydrogen-bond acceptors (Lipinski definition) is 4. The molecule has 1 aromatic carbocycles. The van der Waals surface area contributed by atoms with E-state index in [-0.39, 0.29) is 16.7 Å².